The van der Waals surface area contributed by atoms with Crippen molar-refractivity contribution < 1.29 is 4.79 Å². The van der Waals surface area contributed by atoms with Gasteiger partial charge in [0.15, 0.2) is 0 Å². The van der Waals surface area contributed by atoms with E-state index in [4.69, 9.17) is 6.42 Å². The van der Waals surface area contributed by atoms with Crippen LogP contribution in [0.5, 0.6) is 0 Å². The molecule has 0 fully saturated rings. The summed E-state index contributed by atoms with van der Waals surface area (Å²) in [5.74, 6) is 2.36. The maximum atomic E-state index is 11.4. The number of nitrogens with zero attached hydrogens (tertiary/aromatic N) is 1. The zero-order valence-electron chi connectivity index (χ0n) is 10.9. The molecule has 0 saturated carbocycles. The van der Waals surface area contributed by atoms with Gasteiger partial charge in [0.1, 0.15) is 0 Å². The second-order valence-electron chi connectivity index (χ2n) is 4.98. The maximum absolute atomic E-state index is 11.4. The fourth-order valence-electron chi connectivity index (χ4n) is 1.53. The van der Waals surface area contributed by atoms with E-state index in [1.807, 2.05) is 21.0 Å². The molecule has 0 rings (SSSR count). The minimum Gasteiger partial charge on any atom is -0.335 e. The molecule has 0 aliphatic carbocycles. The Kier molecular flexibility index (Phi) is 5.91. The van der Waals surface area contributed by atoms with Crippen LogP contribution in [0.3, 0.4) is 0 Å². The van der Waals surface area contributed by atoms with E-state index in [0.717, 1.165) is 6.54 Å². The van der Waals surface area contributed by atoms with Crippen LogP contribution in [0, 0.1) is 17.8 Å². The first-order valence-corrected chi connectivity index (χ1v) is 5.42. The van der Waals surface area contributed by atoms with E-state index >= 15 is 0 Å². The van der Waals surface area contributed by atoms with Crippen molar-refractivity contribution in [2.75, 3.05) is 27.2 Å². The Balaban J connectivity index is 4.18. The summed E-state index contributed by atoms with van der Waals surface area (Å²) in [5, 5.41) is 5.48. The van der Waals surface area contributed by atoms with E-state index in [-0.39, 0.29) is 24.0 Å². The second kappa shape index (κ2) is 6.39. The van der Waals surface area contributed by atoms with Gasteiger partial charge in [-0.25, -0.2) is 4.79 Å². The molecule has 0 bridgehead atoms. The van der Waals surface area contributed by atoms with Gasteiger partial charge in [0, 0.05) is 12.6 Å². The van der Waals surface area contributed by atoms with Gasteiger partial charge in [0.2, 0.25) is 0 Å². The molecule has 0 radical (unpaired) electrons. The van der Waals surface area contributed by atoms with E-state index in [9.17, 15) is 4.79 Å². The lowest BCUT2D eigenvalue weighted by Crippen LogP contribution is -2.50. The lowest BCUT2D eigenvalue weighted by atomic mass is 9.85. The monoisotopic (exact) mass is 225 g/mol. The van der Waals surface area contributed by atoms with Crippen molar-refractivity contribution >= 4 is 6.03 Å². The Hall–Kier alpha value is -1.21. The van der Waals surface area contributed by atoms with Gasteiger partial charge in [-0.05, 0) is 26.4 Å². The SMILES string of the molecule is C#CCNC(=O)N[C@@H](C)C(C)(C)CN(C)C. The summed E-state index contributed by atoms with van der Waals surface area (Å²) in [7, 11) is 4.04. The first-order valence-electron chi connectivity index (χ1n) is 5.42. The van der Waals surface area contributed by atoms with Crippen LogP contribution in [0.4, 0.5) is 4.79 Å². The van der Waals surface area contributed by atoms with Crippen molar-refractivity contribution in [1.82, 2.24) is 15.5 Å². The summed E-state index contributed by atoms with van der Waals surface area (Å²) in [6.45, 7) is 7.41. The second-order valence-corrected chi connectivity index (χ2v) is 4.98. The van der Waals surface area contributed by atoms with Gasteiger partial charge in [-0.2, -0.15) is 0 Å². The van der Waals surface area contributed by atoms with Gasteiger partial charge in [0.25, 0.3) is 0 Å². The van der Waals surface area contributed by atoms with Gasteiger partial charge < -0.3 is 15.5 Å². The van der Waals surface area contributed by atoms with E-state index in [1.165, 1.54) is 0 Å². The number of hydrogen-bond acceptors (Lipinski definition) is 2. The normalized spacial score (nSPS) is 13.1. The Bertz CT molecular complexity index is 266. The van der Waals surface area contributed by atoms with Gasteiger partial charge in [0.05, 0.1) is 6.54 Å². The van der Waals surface area contributed by atoms with Crippen LogP contribution in [0.25, 0.3) is 0 Å². The van der Waals surface area contributed by atoms with E-state index in [1.54, 1.807) is 0 Å². The van der Waals surface area contributed by atoms with Crippen molar-refractivity contribution in [3.8, 4) is 12.3 Å². The number of terminal acetylenes is 1. The summed E-state index contributed by atoms with van der Waals surface area (Å²) in [6.07, 6.45) is 5.06. The highest BCUT2D eigenvalue weighted by atomic mass is 16.2. The van der Waals surface area contributed by atoms with Crippen LogP contribution in [-0.2, 0) is 0 Å². The first-order chi connectivity index (χ1) is 7.29. The smallest absolute Gasteiger partial charge is 0.315 e. The molecule has 0 spiro atoms. The molecule has 4 heteroatoms. The van der Waals surface area contributed by atoms with Crippen LogP contribution in [0.2, 0.25) is 0 Å². The van der Waals surface area contributed by atoms with Crippen LogP contribution in [0.15, 0.2) is 0 Å². The summed E-state index contributed by atoms with van der Waals surface area (Å²) in [6, 6.07) is -0.134. The number of urea groups is 1. The topological polar surface area (TPSA) is 44.4 Å². The molecule has 1 atom stereocenters. The number of carbonyl (C=O) groups excluding carboxylic acids is 1. The first kappa shape index (κ1) is 14.8. The maximum Gasteiger partial charge on any atom is 0.315 e. The minimum atomic E-state index is -0.211. The molecular formula is C12H23N3O. The molecule has 0 aliphatic heterocycles. The zero-order chi connectivity index (χ0) is 12.8. The highest BCUT2D eigenvalue weighted by Crippen LogP contribution is 2.20. The average Bonchev–Trinajstić information content (AvgIpc) is 2.12. The van der Waals surface area contributed by atoms with Crippen molar-refractivity contribution in [3.63, 3.8) is 0 Å². The van der Waals surface area contributed by atoms with Crippen LogP contribution < -0.4 is 10.6 Å². The number of hydrogen-bond donors (Lipinski definition) is 2. The molecule has 0 unspecified atom stereocenters. The van der Waals surface area contributed by atoms with Crippen LogP contribution >= 0.6 is 0 Å². The third-order valence-corrected chi connectivity index (χ3v) is 2.59. The summed E-state index contributed by atoms with van der Waals surface area (Å²) in [5.41, 5.74) is 0.0109. The Labute approximate surface area is 98.8 Å². The fraction of sp³-hybridized carbons (Fsp3) is 0.750. The lowest BCUT2D eigenvalue weighted by Gasteiger charge is -2.34. The van der Waals surface area contributed by atoms with Crippen molar-refractivity contribution in [3.05, 3.63) is 0 Å². The third kappa shape index (κ3) is 5.62. The molecule has 92 valence electrons. The summed E-state index contributed by atoms with van der Waals surface area (Å²) < 4.78 is 0. The molecule has 2 N–H and O–H groups in total. The van der Waals surface area contributed by atoms with E-state index in [2.05, 4.69) is 35.3 Å². The molecule has 0 aromatic heterocycles. The Morgan fingerprint density at radius 1 is 1.50 bits per heavy atom. The summed E-state index contributed by atoms with van der Waals surface area (Å²) >= 11 is 0. The molecule has 4 nitrogen and oxygen atoms in total. The standard InChI is InChI=1S/C12H23N3O/c1-7-8-13-11(16)14-10(2)12(3,4)9-15(5)6/h1,10H,8-9H2,2-6H3,(H2,13,14,16)/t10-/m0/s1. The van der Waals surface area contributed by atoms with Gasteiger partial charge >= 0.3 is 6.03 Å². The quantitative estimate of drug-likeness (QED) is 0.683. The lowest BCUT2D eigenvalue weighted by molar-refractivity contribution is 0.180. The van der Waals surface area contributed by atoms with Gasteiger partial charge in [-0.3, -0.25) is 0 Å². The molecule has 2 amide bonds. The van der Waals surface area contributed by atoms with Gasteiger partial charge in [-0.15, -0.1) is 6.42 Å². The van der Waals surface area contributed by atoms with Crippen LogP contribution in [-0.4, -0.2) is 44.2 Å². The largest absolute Gasteiger partial charge is 0.335 e. The number of nitrogens with one attached hydrogen (secondary N) is 2. The molecule has 0 aromatic carbocycles. The molecule has 0 saturated heterocycles. The molecular weight excluding hydrogens is 202 g/mol. The molecule has 16 heavy (non-hydrogen) atoms. The predicted octanol–water partition coefficient (Wildman–Crippen LogP) is 0.895. The zero-order valence-corrected chi connectivity index (χ0v) is 10.9. The van der Waals surface area contributed by atoms with E-state index in [0.29, 0.717) is 0 Å². The summed E-state index contributed by atoms with van der Waals surface area (Å²) in [4.78, 5) is 13.5. The predicted molar refractivity (Wildman–Crippen MR) is 67.2 cm³/mol. The number of amides is 2. The Morgan fingerprint density at radius 3 is 2.50 bits per heavy atom. The van der Waals surface area contributed by atoms with Gasteiger partial charge in [-0.1, -0.05) is 19.8 Å². The minimum absolute atomic E-state index is 0.0109. The fourth-order valence-corrected chi connectivity index (χ4v) is 1.53. The molecule has 0 aromatic rings. The molecule has 0 heterocycles. The number of rotatable bonds is 5. The third-order valence-electron chi connectivity index (χ3n) is 2.59. The van der Waals surface area contributed by atoms with Crippen molar-refractivity contribution in [2.24, 2.45) is 5.41 Å². The number of carbonyl (C=O) groups is 1. The van der Waals surface area contributed by atoms with E-state index < -0.39 is 0 Å². The average molecular weight is 225 g/mol. The highest BCUT2D eigenvalue weighted by molar-refractivity contribution is 5.74. The van der Waals surface area contributed by atoms with Crippen molar-refractivity contribution in [1.29, 1.82) is 0 Å². The Morgan fingerprint density at radius 2 is 2.06 bits per heavy atom. The van der Waals surface area contributed by atoms with Crippen molar-refractivity contribution in [2.45, 2.75) is 26.8 Å². The molecule has 0 aliphatic rings. The van der Waals surface area contributed by atoms with Crippen LogP contribution in [0.1, 0.15) is 20.8 Å². The highest BCUT2D eigenvalue weighted by Gasteiger charge is 2.27.